The topological polar surface area (TPSA) is 66.4 Å². The van der Waals surface area contributed by atoms with Crippen molar-refractivity contribution in [1.29, 1.82) is 0 Å². The fraction of sp³-hybridized carbons (Fsp3) is 0.368. The molecule has 0 radical (unpaired) electrons. The molecule has 6 nitrogen and oxygen atoms in total. The molecule has 6 heteroatoms. The maximum absolute atomic E-state index is 12.3. The fourth-order valence-corrected chi connectivity index (χ4v) is 3.23. The number of likely N-dealkylation sites (tertiary alicyclic amines) is 1. The van der Waals surface area contributed by atoms with Crippen LogP contribution in [0.4, 0.5) is 10.5 Å². The summed E-state index contributed by atoms with van der Waals surface area (Å²) >= 11 is 0. The zero-order chi connectivity index (χ0) is 17.8. The second kappa shape index (κ2) is 7.42. The van der Waals surface area contributed by atoms with E-state index in [1.807, 2.05) is 66.0 Å². The molecule has 2 N–H and O–H groups in total. The number of nitrogens with one attached hydrogen (secondary N) is 2. The molecule has 132 valence electrons. The third kappa shape index (κ3) is 3.84. The second-order valence-corrected chi connectivity index (χ2v) is 6.38. The molecule has 2 aromatic rings. The van der Waals surface area contributed by atoms with Gasteiger partial charge < -0.3 is 20.1 Å². The predicted molar refractivity (Wildman–Crippen MR) is 97.9 cm³/mol. The maximum atomic E-state index is 12.3. The summed E-state index contributed by atoms with van der Waals surface area (Å²) in [7, 11) is 0. The van der Waals surface area contributed by atoms with Crippen molar-refractivity contribution in [1.82, 2.24) is 14.8 Å². The molecule has 1 aromatic heterocycles. The Kier molecular flexibility index (Phi) is 5.07. The molecule has 1 saturated heterocycles. The van der Waals surface area contributed by atoms with Gasteiger partial charge in [-0.1, -0.05) is 13.0 Å². The maximum Gasteiger partial charge on any atom is 0.319 e. The quantitative estimate of drug-likeness (QED) is 0.879. The van der Waals surface area contributed by atoms with Crippen molar-refractivity contribution in [3.8, 4) is 5.69 Å². The van der Waals surface area contributed by atoms with E-state index in [1.165, 1.54) is 0 Å². The minimum atomic E-state index is -0.274. The van der Waals surface area contributed by atoms with Crippen molar-refractivity contribution in [3.05, 3.63) is 48.3 Å². The van der Waals surface area contributed by atoms with Gasteiger partial charge >= 0.3 is 6.03 Å². The number of benzene rings is 1. The van der Waals surface area contributed by atoms with E-state index >= 15 is 0 Å². The largest absolute Gasteiger partial charge is 0.341 e. The first-order chi connectivity index (χ1) is 12.1. The first-order valence-corrected chi connectivity index (χ1v) is 8.66. The van der Waals surface area contributed by atoms with Crippen LogP contribution in [0, 0.1) is 6.92 Å². The average molecular weight is 340 g/mol. The first kappa shape index (κ1) is 17.1. The van der Waals surface area contributed by atoms with Gasteiger partial charge in [0.15, 0.2) is 0 Å². The molecule has 2 heterocycles. The van der Waals surface area contributed by atoms with Crippen molar-refractivity contribution in [2.45, 2.75) is 32.7 Å². The van der Waals surface area contributed by atoms with Crippen LogP contribution >= 0.6 is 0 Å². The van der Waals surface area contributed by atoms with Gasteiger partial charge in [-0.2, -0.15) is 0 Å². The normalized spacial score (nSPS) is 17.0. The van der Waals surface area contributed by atoms with Crippen LogP contribution in [0.2, 0.25) is 0 Å². The Morgan fingerprint density at radius 2 is 2.00 bits per heavy atom. The van der Waals surface area contributed by atoms with Crippen LogP contribution in [0.15, 0.2) is 42.7 Å². The molecule has 1 aliphatic heterocycles. The van der Waals surface area contributed by atoms with E-state index in [2.05, 4.69) is 10.6 Å². The Bertz CT molecular complexity index is 755. The van der Waals surface area contributed by atoms with Gasteiger partial charge in [-0.15, -0.1) is 0 Å². The molecule has 0 unspecified atom stereocenters. The summed E-state index contributed by atoms with van der Waals surface area (Å²) in [5.41, 5.74) is 2.77. The molecule has 0 saturated carbocycles. The van der Waals surface area contributed by atoms with Crippen molar-refractivity contribution in [2.24, 2.45) is 0 Å². The molecular formula is C19H24N4O2. The van der Waals surface area contributed by atoms with Gasteiger partial charge in [0.2, 0.25) is 5.91 Å². The van der Waals surface area contributed by atoms with E-state index in [0.29, 0.717) is 13.0 Å². The molecule has 1 aliphatic rings. The summed E-state index contributed by atoms with van der Waals surface area (Å²) in [6.07, 6.45) is 5.24. The molecule has 1 aromatic carbocycles. The summed E-state index contributed by atoms with van der Waals surface area (Å²) in [5, 5.41) is 5.82. The second-order valence-electron chi connectivity index (χ2n) is 6.38. The monoisotopic (exact) mass is 340 g/mol. The standard InChI is InChI=1S/C19H24N4O2/c1-3-9-23-13-15(12-18(23)24)20-19(25)21-16-7-6-8-17(14(16)2)22-10-4-5-11-22/h4-8,10-11,15H,3,9,12-13H2,1-2H3,(H2,20,21,25)/t15-/m0/s1. The first-order valence-electron chi connectivity index (χ1n) is 8.66. The van der Waals surface area contributed by atoms with E-state index in [4.69, 9.17) is 0 Å². The summed E-state index contributed by atoms with van der Waals surface area (Å²) in [6, 6.07) is 9.33. The zero-order valence-electron chi connectivity index (χ0n) is 14.7. The van der Waals surface area contributed by atoms with Crippen LogP contribution in [-0.2, 0) is 4.79 Å². The third-order valence-corrected chi connectivity index (χ3v) is 4.48. The molecular weight excluding hydrogens is 316 g/mol. The van der Waals surface area contributed by atoms with Gasteiger partial charge in [0.1, 0.15) is 0 Å². The third-order valence-electron chi connectivity index (χ3n) is 4.48. The minimum Gasteiger partial charge on any atom is -0.341 e. The Morgan fingerprint density at radius 1 is 1.24 bits per heavy atom. The number of hydrogen-bond donors (Lipinski definition) is 2. The Balaban J connectivity index is 1.64. The van der Waals surface area contributed by atoms with E-state index in [0.717, 1.165) is 29.9 Å². The number of carbonyl (C=O) groups excluding carboxylic acids is 2. The van der Waals surface area contributed by atoms with Crippen LogP contribution < -0.4 is 10.6 Å². The van der Waals surface area contributed by atoms with Gasteiger partial charge in [-0.05, 0) is 43.2 Å². The Hall–Kier alpha value is -2.76. The molecule has 25 heavy (non-hydrogen) atoms. The lowest BCUT2D eigenvalue weighted by molar-refractivity contribution is -0.127. The minimum absolute atomic E-state index is 0.109. The number of nitrogens with zero attached hydrogens (tertiary/aromatic N) is 2. The predicted octanol–water partition coefficient (Wildman–Crippen LogP) is 2.92. The van der Waals surface area contributed by atoms with Crippen molar-refractivity contribution in [2.75, 3.05) is 18.4 Å². The SMILES string of the molecule is CCCN1C[C@@H](NC(=O)Nc2cccc(-n3cccc3)c2C)CC1=O. The van der Waals surface area contributed by atoms with Crippen LogP contribution in [0.1, 0.15) is 25.3 Å². The molecule has 0 aliphatic carbocycles. The number of amides is 3. The molecule has 0 bridgehead atoms. The van der Waals surface area contributed by atoms with E-state index < -0.39 is 0 Å². The van der Waals surface area contributed by atoms with Crippen LogP contribution in [0.3, 0.4) is 0 Å². The van der Waals surface area contributed by atoms with Crippen LogP contribution in [0.25, 0.3) is 5.69 Å². The van der Waals surface area contributed by atoms with Gasteiger partial charge in [-0.25, -0.2) is 4.79 Å². The average Bonchev–Trinajstić information content (AvgIpc) is 3.20. The van der Waals surface area contributed by atoms with Gasteiger partial charge in [-0.3, -0.25) is 4.79 Å². The Labute approximate surface area is 147 Å². The summed E-state index contributed by atoms with van der Waals surface area (Å²) in [4.78, 5) is 26.0. The molecule has 1 fully saturated rings. The highest BCUT2D eigenvalue weighted by atomic mass is 16.2. The van der Waals surface area contributed by atoms with E-state index in [-0.39, 0.29) is 18.0 Å². The van der Waals surface area contributed by atoms with Crippen molar-refractivity contribution in [3.63, 3.8) is 0 Å². The smallest absolute Gasteiger partial charge is 0.319 e. The lowest BCUT2D eigenvalue weighted by Crippen LogP contribution is -2.39. The summed E-state index contributed by atoms with van der Waals surface area (Å²) in [5.74, 6) is 0.109. The molecule has 0 spiro atoms. The van der Waals surface area contributed by atoms with Gasteiger partial charge in [0.25, 0.3) is 0 Å². The number of anilines is 1. The van der Waals surface area contributed by atoms with Crippen molar-refractivity contribution >= 4 is 17.6 Å². The Morgan fingerprint density at radius 3 is 2.72 bits per heavy atom. The van der Waals surface area contributed by atoms with E-state index in [1.54, 1.807) is 0 Å². The number of carbonyl (C=O) groups is 2. The lowest BCUT2D eigenvalue weighted by atomic mass is 10.1. The van der Waals surface area contributed by atoms with Gasteiger partial charge in [0, 0.05) is 43.3 Å². The number of urea groups is 1. The fourth-order valence-electron chi connectivity index (χ4n) is 3.23. The number of hydrogen-bond acceptors (Lipinski definition) is 2. The summed E-state index contributed by atoms with van der Waals surface area (Å²) in [6.45, 7) is 5.35. The number of aromatic nitrogens is 1. The summed E-state index contributed by atoms with van der Waals surface area (Å²) < 4.78 is 2.01. The van der Waals surface area contributed by atoms with Crippen molar-refractivity contribution < 1.29 is 9.59 Å². The highest BCUT2D eigenvalue weighted by Gasteiger charge is 2.29. The number of rotatable bonds is 5. The molecule has 3 rings (SSSR count). The lowest BCUT2D eigenvalue weighted by Gasteiger charge is -2.17. The molecule has 3 amide bonds. The molecule has 1 atom stereocenters. The highest BCUT2D eigenvalue weighted by Crippen LogP contribution is 2.22. The zero-order valence-corrected chi connectivity index (χ0v) is 14.7. The highest BCUT2D eigenvalue weighted by molar-refractivity contribution is 5.91. The van der Waals surface area contributed by atoms with Gasteiger partial charge in [0.05, 0.1) is 6.04 Å². The van der Waals surface area contributed by atoms with Crippen LogP contribution in [0.5, 0.6) is 0 Å². The van der Waals surface area contributed by atoms with E-state index in [9.17, 15) is 9.59 Å². The van der Waals surface area contributed by atoms with Crippen LogP contribution in [-0.4, -0.2) is 40.5 Å².